The van der Waals surface area contributed by atoms with Crippen LogP contribution in [0.4, 0.5) is 16.2 Å². The number of benzene rings is 2. The van der Waals surface area contributed by atoms with Gasteiger partial charge < -0.3 is 15.5 Å². The number of carbonyl (C=O) groups excluding carboxylic acids is 1. The van der Waals surface area contributed by atoms with Crippen LogP contribution in [0.2, 0.25) is 0 Å². The zero-order valence-corrected chi connectivity index (χ0v) is 17.4. The minimum absolute atomic E-state index is 0.133. The second-order valence-electron chi connectivity index (χ2n) is 8.05. The Balaban J connectivity index is 1.50. The fourth-order valence-electron chi connectivity index (χ4n) is 2.80. The number of nitrogens with one attached hydrogen (secondary N) is 3. The average Bonchev–Trinajstić information content (AvgIpc) is 3.17. The zero-order valence-electron chi connectivity index (χ0n) is 17.4. The van der Waals surface area contributed by atoms with Gasteiger partial charge in [0.1, 0.15) is 5.82 Å². The third-order valence-electron chi connectivity index (χ3n) is 4.45. The molecule has 0 aliphatic heterocycles. The molecule has 2 amide bonds. The third kappa shape index (κ3) is 5.81. The van der Waals surface area contributed by atoms with Crippen molar-refractivity contribution in [3.63, 3.8) is 0 Å². The summed E-state index contributed by atoms with van der Waals surface area (Å²) in [6.07, 6.45) is 0. The number of urea groups is 1. The minimum atomic E-state index is -0.288. The smallest absolute Gasteiger partial charge is 0.319 e. The van der Waals surface area contributed by atoms with E-state index in [4.69, 9.17) is 0 Å². The molecule has 0 radical (unpaired) electrons. The molecule has 0 aliphatic rings. The standard InChI is InChI=1S/C22H28N6O/c1-22(2,3)20-25-19(26-27-20)14-23-21(29)24-17-10-12-18(13-11-17)28(4)15-16-8-6-5-7-9-16/h5-13H,14-15H2,1-4H3,(H2,23,24,29)(H,25,26,27). The predicted octanol–water partition coefficient (Wildman–Crippen LogP) is 4.06. The molecule has 0 spiro atoms. The number of aromatic nitrogens is 3. The van der Waals surface area contributed by atoms with Crippen molar-refractivity contribution in [3.05, 3.63) is 71.8 Å². The molecular weight excluding hydrogens is 364 g/mol. The van der Waals surface area contributed by atoms with Gasteiger partial charge in [0.25, 0.3) is 0 Å². The summed E-state index contributed by atoms with van der Waals surface area (Å²) in [4.78, 5) is 18.7. The van der Waals surface area contributed by atoms with Gasteiger partial charge in [0, 0.05) is 30.4 Å². The van der Waals surface area contributed by atoms with Crippen LogP contribution in [-0.4, -0.2) is 28.3 Å². The summed E-state index contributed by atoms with van der Waals surface area (Å²) in [7, 11) is 2.05. The number of rotatable bonds is 6. The Bertz CT molecular complexity index is 928. The lowest BCUT2D eigenvalue weighted by atomic mass is 9.96. The van der Waals surface area contributed by atoms with Crippen molar-refractivity contribution in [1.82, 2.24) is 20.5 Å². The van der Waals surface area contributed by atoms with E-state index in [9.17, 15) is 4.79 Å². The normalized spacial score (nSPS) is 11.2. The van der Waals surface area contributed by atoms with E-state index < -0.39 is 0 Å². The van der Waals surface area contributed by atoms with Crippen LogP contribution in [0.5, 0.6) is 0 Å². The maximum Gasteiger partial charge on any atom is 0.319 e. The number of anilines is 2. The van der Waals surface area contributed by atoms with Crippen LogP contribution in [0, 0.1) is 0 Å². The van der Waals surface area contributed by atoms with Crippen molar-refractivity contribution in [2.45, 2.75) is 39.3 Å². The first-order chi connectivity index (χ1) is 13.8. The molecule has 7 nitrogen and oxygen atoms in total. The monoisotopic (exact) mass is 392 g/mol. The molecule has 29 heavy (non-hydrogen) atoms. The van der Waals surface area contributed by atoms with Gasteiger partial charge in [-0.05, 0) is 29.8 Å². The molecule has 7 heteroatoms. The van der Waals surface area contributed by atoms with Crippen molar-refractivity contribution in [2.75, 3.05) is 17.3 Å². The highest BCUT2D eigenvalue weighted by Crippen LogP contribution is 2.19. The fourth-order valence-corrected chi connectivity index (χ4v) is 2.80. The summed E-state index contributed by atoms with van der Waals surface area (Å²) in [6, 6.07) is 17.8. The Morgan fingerprint density at radius 1 is 1.07 bits per heavy atom. The van der Waals surface area contributed by atoms with Gasteiger partial charge in [0.15, 0.2) is 5.82 Å². The van der Waals surface area contributed by atoms with E-state index in [2.05, 4.69) is 42.8 Å². The lowest BCUT2D eigenvalue weighted by Crippen LogP contribution is -2.28. The average molecular weight is 393 g/mol. The lowest BCUT2D eigenvalue weighted by molar-refractivity contribution is 0.251. The molecule has 1 heterocycles. The second-order valence-corrected chi connectivity index (χ2v) is 8.05. The first kappa shape index (κ1) is 20.4. The quantitative estimate of drug-likeness (QED) is 0.590. The van der Waals surface area contributed by atoms with Crippen molar-refractivity contribution in [2.24, 2.45) is 0 Å². The molecule has 0 bridgehead atoms. The topological polar surface area (TPSA) is 85.9 Å². The molecule has 0 aliphatic carbocycles. The van der Waals surface area contributed by atoms with Gasteiger partial charge in [0.2, 0.25) is 0 Å². The lowest BCUT2D eigenvalue weighted by Gasteiger charge is -2.19. The van der Waals surface area contributed by atoms with Gasteiger partial charge in [-0.15, -0.1) is 0 Å². The highest BCUT2D eigenvalue weighted by molar-refractivity contribution is 5.89. The van der Waals surface area contributed by atoms with Gasteiger partial charge in [-0.1, -0.05) is 51.1 Å². The number of amides is 2. The van der Waals surface area contributed by atoms with Crippen molar-refractivity contribution >= 4 is 17.4 Å². The van der Waals surface area contributed by atoms with Gasteiger partial charge >= 0.3 is 6.03 Å². The highest BCUT2D eigenvalue weighted by atomic mass is 16.2. The summed E-state index contributed by atoms with van der Waals surface area (Å²) < 4.78 is 0. The number of hydrogen-bond donors (Lipinski definition) is 3. The van der Waals surface area contributed by atoms with E-state index in [1.165, 1.54) is 5.56 Å². The van der Waals surface area contributed by atoms with Gasteiger partial charge in [-0.2, -0.15) is 5.10 Å². The van der Waals surface area contributed by atoms with Crippen LogP contribution in [0.15, 0.2) is 54.6 Å². The first-order valence-corrected chi connectivity index (χ1v) is 9.63. The molecular formula is C22H28N6O. The van der Waals surface area contributed by atoms with E-state index in [0.29, 0.717) is 5.82 Å². The minimum Gasteiger partial charge on any atom is -0.370 e. The second kappa shape index (κ2) is 8.77. The van der Waals surface area contributed by atoms with Gasteiger partial charge in [0.05, 0.1) is 6.54 Å². The summed E-state index contributed by atoms with van der Waals surface area (Å²) in [5.74, 6) is 1.35. The number of carbonyl (C=O) groups is 1. The Morgan fingerprint density at radius 3 is 2.38 bits per heavy atom. The molecule has 0 fully saturated rings. The number of H-pyrrole nitrogens is 1. The van der Waals surface area contributed by atoms with Gasteiger partial charge in [-0.3, -0.25) is 5.10 Å². The maximum absolute atomic E-state index is 12.2. The first-order valence-electron chi connectivity index (χ1n) is 9.63. The molecule has 0 saturated heterocycles. The maximum atomic E-state index is 12.2. The van der Waals surface area contributed by atoms with Gasteiger partial charge in [-0.25, -0.2) is 9.78 Å². The van der Waals surface area contributed by atoms with E-state index in [1.807, 2.05) is 70.3 Å². The molecule has 3 aromatic rings. The van der Waals surface area contributed by atoms with Crippen LogP contribution in [0.1, 0.15) is 38.0 Å². The molecule has 152 valence electrons. The van der Waals surface area contributed by atoms with Crippen molar-refractivity contribution < 1.29 is 4.79 Å². The van der Waals surface area contributed by atoms with Crippen LogP contribution >= 0.6 is 0 Å². The third-order valence-corrected chi connectivity index (χ3v) is 4.45. The molecule has 2 aromatic carbocycles. The Labute approximate surface area is 171 Å². The number of nitrogens with zero attached hydrogens (tertiary/aromatic N) is 3. The Morgan fingerprint density at radius 2 is 1.76 bits per heavy atom. The van der Waals surface area contributed by atoms with Crippen LogP contribution in [0.3, 0.4) is 0 Å². The van der Waals surface area contributed by atoms with E-state index in [-0.39, 0.29) is 18.0 Å². The molecule has 0 atom stereocenters. The van der Waals surface area contributed by atoms with E-state index in [1.54, 1.807) is 0 Å². The molecule has 3 rings (SSSR count). The Hall–Kier alpha value is -3.35. The van der Waals surface area contributed by atoms with Crippen LogP contribution in [0.25, 0.3) is 0 Å². The number of aromatic amines is 1. The summed E-state index contributed by atoms with van der Waals surface area (Å²) >= 11 is 0. The Kier molecular flexibility index (Phi) is 6.16. The van der Waals surface area contributed by atoms with Crippen LogP contribution in [-0.2, 0) is 18.5 Å². The molecule has 0 unspecified atom stereocenters. The largest absolute Gasteiger partial charge is 0.370 e. The highest BCUT2D eigenvalue weighted by Gasteiger charge is 2.19. The zero-order chi connectivity index (χ0) is 20.9. The summed E-state index contributed by atoms with van der Waals surface area (Å²) in [6.45, 7) is 7.23. The SMILES string of the molecule is CN(Cc1ccccc1)c1ccc(NC(=O)NCc2nc(C(C)(C)C)n[nH]2)cc1. The van der Waals surface area contributed by atoms with Crippen molar-refractivity contribution in [3.8, 4) is 0 Å². The molecule has 3 N–H and O–H groups in total. The van der Waals surface area contributed by atoms with Crippen LogP contribution < -0.4 is 15.5 Å². The predicted molar refractivity (Wildman–Crippen MR) is 116 cm³/mol. The fraction of sp³-hybridized carbons (Fsp3) is 0.318. The molecule has 0 saturated carbocycles. The summed E-state index contributed by atoms with van der Waals surface area (Å²) in [5.41, 5.74) is 2.92. The molecule has 1 aromatic heterocycles. The van der Waals surface area contributed by atoms with E-state index in [0.717, 1.165) is 23.7 Å². The summed E-state index contributed by atoms with van der Waals surface area (Å²) in [5, 5.41) is 12.7. The van der Waals surface area contributed by atoms with E-state index >= 15 is 0 Å². The number of hydrogen-bond acceptors (Lipinski definition) is 4. The van der Waals surface area contributed by atoms with Crippen molar-refractivity contribution in [1.29, 1.82) is 0 Å².